The molecule has 0 aliphatic carbocycles. The molecule has 36 heavy (non-hydrogen) atoms. The summed E-state index contributed by atoms with van der Waals surface area (Å²) in [6.07, 6.45) is 0. The van der Waals surface area contributed by atoms with Crippen LogP contribution in [0.5, 0.6) is 0 Å². The van der Waals surface area contributed by atoms with Gasteiger partial charge in [-0.25, -0.2) is 9.78 Å². The molecule has 0 saturated heterocycles. The number of benzene rings is 4. The molecule has 2 heterocycles. The minimum absolute atomic E-state index is 0.239. The standard InChI is InChI=1S/C30H21N3O3/c1-18-10-11-22(28-31-24-7-3-4-8-25(24)32-28)17-26(18)33-29(34)20-14-12-19(13-15-20)23-16-21-6-2-5-9-27(21)36-30(23)35/h2-17H,1H3,(H,31,32)(H,33,34). The molecule has 0 spiro atoms. The number of rotatable bonds is 4. The van der Waals surface area contributed by atoms with Gasteiger partial charge in [-0.2, -0.15) is 0 Å². The van der Waals surface area contributed by atoms with E-state index in [9.17, 15) is 9.59 Å². The molecule has 6 heteroatoms. The molecule has 0 aliphatic heterocycles. The van der Waals surface area contributed by atoms with Crippen LogP contribution in [-0.4, -0.2) is 15.9 Å². The number of imidazole rings is 1. The van der Waals surface area contributed by atoms with Crippen molar-refractivity contribution in [3.8, 4) is 22.5 Å². The Morgan fingerprint density at radius 3 is 2.44 bits per heavy atom. The normalized spacial score (nSPS) is 11.1. The summed E-state index contributed by atoms with van der Waals surface area (Å²) in [4.78, 5) is 33.5. The van der Waals surface area contributed by atoms with E-state index in [1.807, 2.05) is 73.7 Å². The third-order valence-corrected chi connectivity index (χ3v) is 6.25. The number of H-pyrrole nitrogens is 1. The number of nitrogens with zero attached hydrogens (tertiary/aromatic N) is 1. The number of aromatic nitrogens is 2. The van der Waals surface area contributed by atoms with E-state index in [1.165, 1.54) is 0 Å². The molecule has 4 aromatic carbocycles. The van der Waals surface area contributed by atoms with Crippen molar-refractivity contribution in [1.29, 1.82) is 0 Å². The zero-order valence-corrected chi connectivity index (χ0v) is 19.4. The molecule has 6 nitrogen and oxygen atoms in total. The summed E-state index contributed by atoms with van der Waals surface area (Å²) in [6, 6.07) is 29.8. The Hall–Kier alpha value is -4.97. The quantitative estimate of drug-likeness (QED) is 0.285. The third kappa shape index (κ3) is 3.95. The Balaban J connectivity index is 1.26. The van der Waals surface area contributed by atoms with E-state index >= 15 is 0 Å². The number of anilines is 1. The summed E-state index contributed by atoms with van der Waals surface area (Å²) in [7, 11) is 0. The van der Waals surface area contributed by atoms with Crippen molar-refractivity contribution in [2.45, 2.75) is 6.92 Å². The smallest absolute Gasteiger partial charge is 0.344 e. The second-order valence-corrected chi connectivity index (χ2v) is 8.65. The van der Waals surface area contributed by atoms with Crippen LogP contribution in [0.4, 0.5) is 5.69 Å². The predicted octanol–water partition coefficient (Wildman–Crippen LogP) is 6.56. The van der Waals surface area contributed by atoms with Crippen LogP contribution in [0, 0.1) is 6.92 Å². The maximum Gasteiger partial charge on any atom is 0.344 e. The van der Waals surface area contributed by atoms with E-state index in [0.29, 0.717) is 28.0 Å². The number of carbonyl (C=O) groups is 1. The Bertz CT molecular complexity index is 1780. The zero-order valence-electron chi connectivity index (χ0n) is 19.4. The minimum Gasteiger partial charge on any atom is -0.422 e. The van der Waals surface area contributed by atoms with Gasteiger partial charge >= 0.3 is 5.63 Å². The number of hydrogen-bond donors (Lipinski definition) is 2. The van der Waals surface area contributed by atoms with Gasteiger partial charge in [0, 0.05) is 22.2 Å². The Labute approximate surface area is 206 Å². The monoisotopic (exact) mass is 471 g/mol. The van der Waals surface area contributed by atoms with Gasteiger partial charge in [0.05, 0.1) is 16.6 Å². The lowest BCUT2D eigenvalue weighted by atomic mass is 10.0. The molecule has 2 N–H and O–H groups in total. The average Bonchev–Trinajstić information content (AvgIpc) is 3.34. The van der Waals surface area contributed by atoms with E-state index in [2.05, 4.69) is 15.3 Å². The molecule has 0 saturated carbocycles. The molecule has 0 radical (unpaired) electrons. The first kappa shape index (κ1) is 21.6. The second-order valence-electron chi connectivity index (χ2n) is 8.65. The molecular formula is C30H21N3O3. The molecule has 2 aromatic heterocycles. The number of amides is 1. The van der Waals surface area contributed by atoms with Crippen molar-refractivity contribution < 1.29 is 9.21 Å². The molecule has 6 rings (SSSR count). The lowest BCUT2D eigenvalue weighted by molar-refractivity contribution is 0.102. The van der Waals surface area contributed by atoms with Gasteiger partial charge in [-0.15, -0.1) is 0 Å². The van der Waals surface area contributed by atoms with Crippen LogP contribution in [-0.2, 0) is 0 Å². The fraction of sp³-hybridized carbons (Fsp3) is 0.0333. The van der Waals surface area contributed by atoms with E-state index in [4.69, 9.17) is 4.42 Å². The van der Waals surface area contributed by atoms with E-state index in [0.717, 1.165) is 33.4 Å². The molecule has 0 aliphatic rings. The molecule has 0 atom stereocenters. The van der Waals surface area contributed by atoms with Gasteiger partial charge in [0.15, 0.2) is 0 Å². The van der Waals surface area contributed by atoms with Crippen LogP contribution < -0.4 is 10.9 Å². The molecule has 6 aromatic rings. The van der Waals surface area contributed by atoms with Crippen LogP contribution in [0.2, 0.25) is 0 Å². The fourth-order valence-corrected chi connectivity index (χ4v) is 4.25. The topological polar surface area (TPSA) is 88.0 Å². The lowest BCUT2D eigenvalue weighted by Crippen LogP contribution is -2.13. The van der Waals surface area contributed by atoms with E-state index < -0.39 is 5.63 Å². The van der Waals surface area contributed by atoms with Crippen LogP contribution in [0.25, 0.3) is 44.5 Å². The van der Waals surface area contributed by atoms with Crippen molar-refractivity contribution in [2.24, 2.45) is 0 Å². The van der Waals surface area contributed by atoms with Crippen LogP contribution >= 0.6 is 0 Å². The highest BCUT2D eigenvalue weighted by molar-refractivity contribution is 6.05. The highest BCUT2D eigenvalue weighted by atomic mass is 16.4. The summed E-state index contributed by atoms with van der Waals surface area (Å²) >= 11 is 0. The zero-order chi connectivity index (χ0) is 24.6. The van der Waals surface area contributed by atoms with Gasteiger partial charge in [0.2, 0.25) is 0 Å². The summed E-state index contributed by atoms with van der Waals surface area (Å²) in [5, 5.41) is 3.85. The number of nitrogens with one attached hydrogen (secondary N) is 2. The molecule has 174 valence electrons. The number of carbonyl (C=O) groups excluding carboxylic acids is 1. The Morgan fingerprint density at radius 2 is 1.61 bits per heavy atom. The van der Waals surface area contributed by atoms with Crippen molar-refractivity contribution in [2.75, 3.05) is 5.32 Å². The van der Waals surface area contributed by atoms with E-state index in [1.54, 1.807) is 30.3 Å². The number of hydrogen-bond acceptors (Lipinski definition) is 4. The van der Waals surface area contributed by atoms with Gasteiger partial charge in [-0.3, -0.25) is 4.79 Å². The summed E-state index contributed by atoms with van der Waals surface area (Å²) < 4.78 is 5.44. The predicted molar refractivity (Wildman–Crippen MR) is 142 cm³/mol. The summed E-state index contributed by atoms with van der Waals surface area (Å²) in [5.41, 5.74) is 6.13. The van der Waals surface area contributed by atoms with Crippen LogP contribution in [0.1, 0.15) is 15.9 Å². The van der Waals surface area contributed by atoms with Crippen molar-refractivity contribution in [3.63, 3.8) is 0 Å². The average molecular weight is 472 g/mol. The SMILES string of the molecule is Cc1ccc(-c2nc3ccccc3[nH]2)cc1NC(=O)c1ccc(-c2cc3ccccc3oc2=O)cc1. The maximum absolute atomic E-state index is 13.0. The van der Waals surface area contributed by atoms with Crippen molar-refractivity contribution in [3.05, 3.63) is 119 Å². The number of fused-ring (bicyclic) bond motifs is 2. The van der Waals surface area contributed by atoms with Gasteiger partial charge in [0.25, 0.3) is 5.91 Å². The molecule has 0 fully saturated rings. The van der Waals surface area contributed by atoms with Gasteiger partial charge in [0.1, 0.15) is 11.4 Å². The molecule has 0 unspecified atom stereocenters. The maximum atomic E-state index is 13.0. The third-order valence-electron chi connectivity index (χ3n) is 6.25. The second kappa shape index (κ2) is 8.67. The van der Waals surface area contributed by atoms with Gasteiger partial charge < -0.3 is 14.7 Å². The van der Waals surface area contributed by atoms with Crippen LogP contribution in [0.15, 0.2) is 106 Å². The molecule has 0 bridgehead atoms. The summed E-state index contributed by atoms with van der Waals surface area (Å²) in [5.74, 6) is 0.502. The Morgan fingerprint density at radius 1 is 0.861 bits per heavy atom. The summed E-state index contributed by atoms with van der Waals surface area (Å²) in [6.45, 7) is 1.94. The van der Waals surface area contributed by atoms with E-state index in [-0.39, 0.29) is 5.91 Å². The largest absolute Gasteiger partial charge is 0.422 e. The number of aromatic amines is 1. The lowest BCUT2D eigenvalue weighted by Gasteiger charge is -2.10. The molecular weight excluding hydrogens is 450 g/mol. The minimum atomic E-state index is -0.413. The first-order valence-corrected chi connectivity index (χ1v) is 11.6. The van der Waals surface area contributed by atoms with Gasteiger partial charge in [-0.1, -0.05) is 54.6 Å². The fourth-order valence-electron chi connectivity index (χ4n) is 4.25. The number of aryl methyl sites for hydroxylation is 1. The highest BCUT2D eigenvalue weighted by Crippen LogP contribution is 2.26. The van der Waals surface area contributed by atoms with Crippen molar-refractivity contribution in [1.82, 2.24) is 9.97 Å². The van der Waals surface area contributed by atoms with Gasteiger partial charge in [-0.05, 0) is 60.5 Å². The first-order chi connectivity index (χ1) is 17.5. The Kier molecular flexibility index (Phi) is 5.19. The highest BCUT2D eigenvalue weighted by Gasteiger charge is 2.13. The number of para-hydroxylation sites is 3. The molecule has 1 amide bonds. The van der Waals surface area contributed by atoms with Crippen molar-refractivity contribution >= 4 is 33.6 Å². The van der Waals surface area contributed by atoms with Crippen LogP contribution in [0.3, 0.4) is 0 Å². The first-order valence-electron chi connectivity index (χ1n) is 11.6.